The van der Waals surface area contributed by atoms with E-state index in [4.69, 9.17) is 18.9 Å². The van der Waals surface area contributed by atoms with E-state index in [2.05, 4.69) is 24.2 Å². The fourth-order valence-corrected chi connectivity index (χ4v) is 6.35. The lowest BCUT2D eigenvalue weighted by atomic mass is 10.1. The molecule has 44 heavy (non-hydrogen) atoms. The fourth-order valence-electron chi connectivity index (χ4n) is 6.35. The summed E-state index contributed by atoms with van der Waals surface area (Å²) in [5, 5.41) is 3.53. The topological polar surface area (TPSA) is 102 Å². The van der Waals surface area contributed by atoms with Crippen molar-refractivity contribution < 1.29 is 28.5 Å². The summed E-state index contributed by atoms with van der Waals surface area (Å²) in [5.74, 6) is 2.12. The van der Waals surface area contributed by atoms with Gasteiger partial charge in [-0.2, -0.15) is 0 Å². The number of ether oxygens (including phenoxy) is 4. The summed E-state index contributed by atoms with van der Waals surface area (Å²) in [5.41, 5.74) is 4.80. The van der Waals surface area contributed by atoms with Gasteiger partial charge in [0, 0.05) is 36.8 Å². The van der Waals surface area contributed by atoms with Gasteiger partial charge in [0.15, 0.2) is 23.0 Å². The van der Waals surface area contributed by atoms with Crippen molar-refractivity contribution in [2.75, 3.05) is 32.8 Å². The maximum Gasteiger partial charge on any atom is 0.260 e. The molecule has 0 saturated carbocycles. The number of nitrogens with zero attached hydrogens (tertiary/aromatic N) is 3. The monoisotopic (exact) mass is 600 g/mol. The fraction of sp³-hybridized carbons (Fsp3) is 0.441. The molecule has 10 heteroatoms. The van der Waals surface area contributed by atoms with Crippen LogP contribution < -0.4 is 24.3 Å². The minimum Gasteiger partial charge on any atom is -0.493 e. The Hall–Kier alpha value is -4.47. The maximum atomic E-state index is 13.3. The number of fused-ring (bicyclic) bond motifs is 4. The van der Waals surface area contributed by atoms with Gasteiger partial charge in [-0.25, -0.2) is 0 Å². The second-order valence-corrected chi connectivity index (χ2v) is 12.0. The molecule has 0 unspecified atom stereocenters. The second kappa shape index (κ2) is 12.3. The van der Waals surface area contributed by atoms with Crippen molar-refractivity contribution in [1.29, 1.82) is 0 Å². The number of rotatable bonds is 10. The molecule has 1 N–H and O–H groups in total. The lowest BCUT2D eigenvalue weighted by Gasteiger charge is -2.26. The number of carbonyl (C=O) groups is 2. The summed E-state index contributed by atoms with van der Waals surface area (Å²) < 4.78 is 23.3. The van der Waals surface area contributed by atoms with Crippen molar-refractivity contribution in [2.45, 2.75) is 71.0 Å². The van der Waals surface area contributed by atoms with Crippen LogP contribution in [0.15, 0.2) is 52.8 Å². The Balaban J connectivity index is 1.03. The molecule has 2 aromatic carbocycles. The first-order valence-electron chi connectivity index (χ1n) is 15.3. The second-order valence-electron chi connectivity index (χ2n) is 12.0. The highest BCUT2D eigenvalue weighted by Gasteiger charge is 2.37. The highest BCUT2D eigenvalue weighted by molar-refractivity contribution is 6.04. The Kier molecular flexibility index (Phi) is 8.25. The molecule has 232 valence electrons. The first-order valence-corrected chi connectivity index (χ1v) is 15.3. The van der Waals surface area contributed by atoms with Crippen LogP contribution in [0.5, 0.6) is 23.0 Å². The van der Waals surface area contributed by atoms with Crippen molar-refractivity contribution in [3.63, 3.8) is 0 Å². The van der Waals surface area contributed by atoms with Crippen molar-refractivity contribution in [1.82, 2.24) is 9.80 Å². The standard InChI is InChI=1S/C34H40N4O6/c1-20-11-23-17-35-26-15-31(29(41-4)13-24(26)33(39)37(23)18-20)43-9-7-6-8-10-44-32-16-27-25(14-30(32)42-5)34(40)38-19-21(2)12-28(38)22(3)36-27/h13-19,22-23,28,36H,6-12H2,1-5H3/t22-,23-,28-/m0/s1. The molecule has 0 saturated heterocycles. The summed E-state index contributed by atoms with van der Waals surface area (Å²) in [4.78, 5) is 34.7. The number of unbranched alkanes of at least 4 members (excludes halogenated alkanes) is 2. The van der Waals surface area contributed by atoms with Crippen LogP contribution in [0.2, 0.25) is 0 Å². The third kappa shape index (κ3) is 5.60. The zero-order valence-electron chi connectivity index (χ0n) is 26.0. The Morgan fingerprint density at radius 2 is 1.41 bits per heavy atom. The number of hydrogen-bond donors (Lipinski definition) is 1. The molecule has 4 aliphatic heterocycles. The Labute approximate surface area is 258 Å². The molecule has 6 rings (SSSR count). The molecule has 4 aliphatic rings. The van der Waals surface area contributed by atoms with Gasteiger partial charge in [0.1, 0.15) is 0 Å². The van der Waals surface area contributed by atoms with E-state index in [0.29, 0.717) is 53.0 Å². The molecule has 2 amide bonds. The molecule has 2 aromatic rings. The number of anilines is 1. The first kappa shape index (κ1) is 29.6. The molecule has 0 radical (unpaired) electrons. The lowest BCUT2D eigenvalue weighted by molar-refractivity contribution is 0.0781. The summed E-state index contributed by atoms with van der Waals surface area (Å²) in [6.07, 6.45) is 9.86. The Morgan fingerprint density at radius 1 is 0.795 bits per heavy atom. The number of methoxy groups -OCH3 is 2. The number of amides is 2. The van der Waals surface area contributed by atoms with E-state index in [1.54, 1.807) is 37.3 Å². The minimum atomic E-state index is -0.0835. The van der Waals surface area contributed by atoms with Crippen molar-refractivity contribution >= 4 is 29.4 Å². The number of nitrogens with one attached hydrogen (secondary N) is 1. The molecule has 3 atom stereocenters. The lowest BCUT2D eigenvalue weighted by Crippen LogP contribution is -2.40. The van der Waals surface area contributed by atoms with E-state index >= 15 is 0 Å². The minimum absolute atomic E-state index is 0.0272. The van der Waals surface area contributed by atoms with Gasteiger partial charge in [0.05, 0.1) is 62.0 Å². The average Bonchev–Trinajstić information content (AvgIpc) is 3.55. The summed E-state index contributed by atoms with van der Waals surface area (Å²) in [7, 11) is 3.16. The largest absolute Gasteiger partial charge is 0.493 e. The highest BCUT2D eigenvalue weighted by Crippen LogP contribution is 2.40. The molecule has 0 bridgehead atoms. The van der Waals surface area contributed by atoms with Gasteiger partial charge in [-0.3, -0.25) is 14.6 Å². The first-order chi connectivity index (χ1) is 21.3. The number of carbonyl (C=O) groups excluding carboxylic acids is 2. The van der Waals surface area contributed by atoms with E-state index in [1.165, 1.54) is 5.57 Å². The Bertz CT molecular complexity index is 1560. The van der Waals surface area contributed by atoms with Crippen LogP contribution in [0.25, 0.3) is 0 Å². The van der Waals surface area contributed by atoms with Crippen LogP contribution in [0.1, 0.15) is 73.6 Å². The summed E-state index contributed by atoms with van der Waals surface area (Å²) >= 11 is 0. The van der Waals surface area contributed by atoms with Crippen LogP contribution in [-0.2, 0) is 0 Å². The van der Waals surface area contributed by atoms with Crippen LogP contribution in [-0.4, -0.2) is 73.4 Å². The van der Waals surface area contributed by atoms with Gasteiger partial charge >= 0.3 is 0 Å². The van der Waals surface area contributed by atoms with E-state index in [-0.39, 0.29) is 29.9 Å². The van der Waals surface area contributed by atoms with Crippen molar-refractivity contribution in [3.05, 3.63) is 58.9 Å². The molecule has 0 aromatic heterocycles. The van der Waals surface area contributed by atoms with Gasteiger partial charge in [-0.05, 0) is 65.0 Å². The molecular formula is C34H40N4O6. The highest BCUT2D eigenvalue weighted by atomic mass is 16.5. The zero-order valence-corrected chi connectivity index (χ0v) is 26.0. The van der Waals surface area contributed by atoms with Gasteiger partial charge in [-0.15, -0.1) is 0 Å². The van der Waals surface area contributed by atoms with E-state index in [0.717, 1.165) is 43.4 Å². The molecule has 0 aliphatic carbocycles. The molecular weight excluding hydrogens is 560 g/mol. The van der Waals surface area contributed by atoms with Crippen LogP contribution in [0, 0.1) is 0 Å². The predicted octanol–water partition coefficient (Wildman–Crippen LogP) is 6.10. The van der Waals surface area contributed by atoms with E-state index < -0.39 is 0 Å². The third-order valence-electron chi connectivity index (χ3n) is 8.66. The third-order valence-corrected chi connectivity index (χ3v) is 8.66. The van der Waals surface area contributed by atoms with Gasteiger partial charge in [-0.1, -0.05) is 11.1 Å². The van der Waals surface area contributed by atoms with Gasteiger partial charge in [0.25, 0.3) is 11.8 Å². The van der Waals surface area contributed by atoms with Crippen LogP contribution in [0.4, 0.5) is 11.4 Å². The van der Waals surface area contributed by atoms with Crippen molar-refractivity contribution in [3.8, 4) is 23.0 Å². The molecule has 0 fully saturated rings. The molecule has 10 nitrogen and oxygen atoms in total. The summed E-state index contributed by atoms with van der Waals surface area (Å²) in [6.45, 7) is 7.17. The number of hydrogen-bond acceptors (Lipinski definition) is 8. The smallest absolute Gasteiger partial charge is 0.260 e. The summed E-state index contributed by atoms with van der Waals surface area (Å²) in [6, 6.07) is 7.30. The normalized spacial score (nSPS) is 21.7. The van der Waals surface area contributed by atoms with Crippen LogP contribution in [0.3, 0.4) is 0 Å². The van der Waals surface area contributed by atoms with E-state index in [1.807, 2.05) is 36.5 Å². The molecule has 4 heterocycles. The predicted molar refractivity (Wildman–Crippen MR) is 169 cm³/mol. The van der Waals surface area contributed by atoms with Gasteiger partial charge < -0.3 is 34.1 Å². The SMILES string of the molecule is COc1cc2c(cc1OCCCCCOc1cc3c(cc1OC)C(=O)N1C=C(C)C[C@H]1[C@H](C)N3)N=C[C@@H]1CC(C)=CN1C2=O. The number of benzene rings is 2. The Morgan fingerprint density at radius 3 is 2.11 bits per heavy atom. The average molecular weight is 601 g/mol. The molecule has 0 spiro atoms. The van der Waals surface area contributed by atoms with E-state index in [9.17, 15) is 9.59 Å². The maximum absolute atomic E-state index is 13.3. The zero-order chi connectivity index (χ0) is 31.0. The van der Waals surface area contributed by atoms with Gasteiger partial charge in [0.2, 0.25) is 0 Å². The van der Waals surface area contributed by atoms with Crippen LogP contribution >= 0.6 is 0 Å². The van der Waals surface area contributed by atoms with Crippen molar-refractivity contribution in [2.24, 2.45) is 4.99 Å². The quantitative estimate of drug-likeness (QED) is 0.329. The number of aliphatic imine (C=N–C) groups is 1.